The van der Waals surface area contributed by atoms with E-state index in [0.717, 1.165) is 28.5 Å². The Morgan fingerprint density at radius 2 is 1.95 bits per heavy atom. The molecule has 0 amide bonds. The molecule has 1 heterocycles. The maximum Gasteiger partial charge on any atom is 0.0738 e. The van der Waals surface area contributed by atoms with Gasteiger partial charge in [-0.1, -0.05) is 50.1 Å². The molecule has 1 aromatic carbocycles. The number of alkyl halides is 1. The summed E-state index contributed by atoms with van der Waals surface area (Å²) in [5, 5.41) is 5.50. The van der Waals surface area contributed by atoms with E-state index in [0.29, 0.717) is 5.92 Å². The molecule has 108 valence electrons. The maximum absolute atomic E-state index is 4.57. The molecule has 0 fully saturated rings. The van der Waals surface area contributed by atoms with Crippen molar-refractivity contribution in [3.05, 3.63) is 50.2 Å². The zero-order valence-electron chi connectivity index (χ0n) is 11.5. The van der Waals surface area contributed by atoms with E-state index < -0.39 is 0 Å². The van der Waals surface area contributed by atoms with Gasteiger partial charge in [-0.3, -0.25) is 4.68 Å². The number of aryl methyl sites for hydroxylation is 2. The molecule has 0 saturated heterocycles. The summed E-state index contributed by atoms with van der Waals surface area (Å²) in [6.45, 7) is 5.07. The fourth-order valence-electron chi connectivity index (χ4n) is 2.35. The minimum absolute atomic E-state index is 0.420. The highest BCUT2D eigenvalue weighted by atomic mass is 79.9. The zero-order valence-corrected chi connectivity index (χ0v) is 16.3. The molecule has 0 aliphatic rings. The zero-order chi connectivity index (χ0) is 14.7. The van der Waals surface area contributed by atoms with Crippen molar-refractivity contribution in [3.8, 4) is 0 Å². The third-order valence-corrected chi connectivity index (χ3v) is 5.96. The van der Waals surface area contributed by atoms with Crippen LogP contribution in [0.1, 0.15) is 29.8 Å². The van der Waals surface area contributed by atoms with Crippen LogP contribution in [0.25, 0.3) is 0 Å². The molecule has 5 heteroatoms. The Bertz CT molecular complexity index is 593. The molecular formula is C15H17Br3N2. The molecule has 2 aromatic rings. The molecule has 0 N–H and O–H groups in total. The number of hydrogen-bond donors (Lipinski definition) is 0. The van der Waals surface area contributed by atoms with Gasteiger partial charge >= 0.3 is 0 Å². The van der Waals surface area contributed by atoms with E-state index in [9.17, 15) is 0 Å². The lowest BCUT2D eigenvalue weighted by Gasteiger charge is -2.17. The number of aromatic nitrogens is 2. The van der Waals surface area contributed by atoms with E-state index in [4.69, 9.17) is 0 Å². The lowest BCUT2D eigenvalue weighted by Crippen LogP contribution is -2.11. The van der Waals surface area contributed by atoms with E-state index in [-0.39, 0.29) is 0 Å². The van der Waals surface area contributed by atoms with E-state index in [1.165, 1.54) is 15.7 Å². The van der Waals surface area contributed by atoms with Crippen LogP contribution in [-0.2, 0) is 13.0 Å². The van der Waals surface area contributed by atoms with Crippen LogP contribution in [0.15, 0.2) is 33.2 Å². The molecule has 0 saturated carbocycles. The smallest absolute Gasteiger partial charge is 0.0738 e. The fraction of sp³-hybridized carbons (Fsp3) is 0.400. The molecule has 20 heavy (non-hydrogen) atoms. The molecule has 0 aliphatic heterocycles. The van der Waals surface area contributed by atoms with Gasteiger partial charge in [0, 0.05) is 22.3 Å². The molecule has 1 unspecified atom stereocenters. The number of benzene rings is 1. The number of hydrogen-bond acceptors (Lipinski definition) is 1. The van der Waals surface area contributed by atoms with Crippen LogP contribution < -0.4 is 0 Å². The molecule has 0 aliphatic carbocycles. The summed E-state index contributed by atoms with van der Waals surface area (Å²) in [6.07, 6.45) is 0.961. The van der Waals surface area contributed by atoms with Crippen molar-refractivity contribution in [3.63, 3.8) is 0 Å². The second-order valence-corrected chi connectivity index (χ2v) is 7.03. The maximum atomic E-state index is 4.57. The van der Waals surface area contributed by atoms with E-state index in [2.05, 4.69) is 88.8 Å². The van der Waals surface area contributed by atoms with Gasteiger partial charge in [-0.05, 0) is 47.8 Å². The second kappa shape index (κ2) is 7.23. The highest BCUT2D eigenvalue weighted by Gasteiger charge is 2.19. The van der Waals surface area contributed by atoms with Crippen molar-refractivity contribution in [2.75, 3.05) is 5.33 Å². The summed E-state index contributed by atoms with van der Waals surface area (Å²) in [5.41, 5.74) is 3.66. The molecule has 0 radical (unpaired) electrons. The monoisotopic (exact) mass is 462 g/mol. The topological polar surface area (TPSA) is 17.8 Å². The van der Waals surface area contributed by atoms with Gasteiger partial charge in [0.1, 0.15) is 0 Å². The van der Waals surface area contributed by atoms with Gasteiger partial charge in [-0.25, -0.2) is 0 Å². The largest absolute Gasteiger partial charge is 0.268 e. The van der Waals surface area contributed by atoms with Crippen molar-refractivity contribution in [2.45, 2.75) is 32.7 Å². The average Bonchev–Trinajstić information content (AvgIpc) is 2.73. The van der Waals surface area contributed by atoms with Crippen LogP contribution in [0.5, 0.6) is 0 Å². The van der Waals surface area contributed by atoms with E-state index in [1.54, 1.807) is 0 Å². The summed E-state index contributed by atoms with van der Waals surface area (Å²) in [7, 11) is 0. The van der Waals surface area contributed by atoms with Crippen LogP contribution in [0.4, 0.5) is 0 Å². The molecule has 2 nitrogen and oxygen atoms in total. The van der Waals surface area contributed by atoms with Crippen molar-refractivity contribution in [1.29, 1.82) is 0 Å². The van der Waals surface area contributed by atoms with Crippen molar-refractivity contribution >= 4 is 47.8 Å². The Balaban J connectivity index is 2.34. The lowest BCUT2D eigenvalue weighted by atomic mass is 9.96. The van der Waals surface area contributed by atoms with Crippen molar-refractivity contribution in [1.82, 2.24) is 9.78 Å². The van der Waals surface area contributed by atoms with E-state index in [1.807, 2.05) is 6.92 Å². The third kappa shape index (κ3) is 3.37. The number of halogens is 3. The molecular weight excluding hydrogens is 448 g/mol. The second-order valence-electron chi connectivity index (χ2n) is 4.74. The predicted molar refractivity (Wildman–Crippen MR) is 94.7 cm³/mol. The van der Waals surface area contributed by atoms with Crippen LogP contribution in [-0.4, -0.2) is 15.1 Å². The summed E-state index contributed by atoms with van der Waals surface area (Å²) in [5.74, 6) is 0.420. The van der Waals surface area contributed by atoms with Gasteiger partial charge in [-0.15, -0.1) is 0 Å². The minimum Gasteiger partial charge on any atom is -0.268 e. The van der Waals surface area contributed by atoms with Gasteiger partial charge in [0.25, 0.3) is 0 Å². The fourth-order valence-corrected chi connectivity index (χ4v) is 3.98. The van der Waals surface area contributed by atoms with Crippen molar-refractivity contribution in [2.24, 2.45) is 0 Å². The normalized spacial score (nSPS) is 12.7. The minimum atomic E-state index is 0.420. The molecule has 0 bridgehead atoms. The first-order chi connectivity index (χ1) is 9.58. The summed E-state index contributed by atoms with van der Waals surface area (Å²) in [6, 6.07) is 8.42. The van der Waals surface area contributed by atoms with Gasteiger partial charge in [0.15, 0.2) is 0 Å². The van der Waals surface area contributed by atoms with Crippen molar-refractivity contribution < 1.29 is 0 Å². The first-order valence-corrected chi connectivity index (χ1v) is 9.31. The summed E-state index contributed by atoms with van der Waals surface area (Å²) < 4.78 is 4.39. The van der Waals surface area contributed by atoms with Gasteiger partial charge in [0.2, 0.25) is 0 Å². The molecule has 2 rings (SSSR count). The highest BCUT2D eigenvalue weighted by molar-refractivity contribution is 9.11. The summed E-state index contributed by atoms with van der Waals surface area (Å²) in [4.78, 5) is 0. The number of rotatable bonds is 5. The number of nitrogens with zero attached hydrogens (tertiary/aromatic N) is 2. The standard InChI is InChI=1S/C15H17Br3N2/c1-3-20-14(15(18)10(2)19-20)8-11(9-16)12-6-4-5-7-13(12)17/h4-7,11H,3,8-9H2,1-2H3. The first kappa shape index (κ1) is 16.2. The highest BCUT2D eigenvalue weighted by Crippen LogP contribution is 2.32. The Kier molecular flexibility index (Phi) is 5.87. The Labute approximate surface area is 145 Å². The van der Waals surface area contributed by atoms with Gasteiger partial charge in [0.05, 0.1) is 15.9 Å². The quantitative estimate of drug-likeness (QED) is 0.537. The average molecular weight is 465 g/mol. The predicted octanol–water partition coefficient (Wildman–Crippen LogP) is 5.46. The van der Waals surface area contributed by atoms with E-state index >= 15 is 0 Å². The lowest BCUT2D eigenvalue weighted by molar-refractivity contribution is 0.595. The van der Waals surface area contributed by atoms with Crippen LogP contribution >= 0.6 is 47.8 Å². The first-order valence-electron chi connectivity index (χ1n) is 6.60. The Morgan fingerprint density at radius 1 is 1.25 bits per heavy atom. The Hall–Kier alpha value is -0.130. The SMILES string of the molecule is CCn1nc(C)c(Br)c1CC(CBr)c1ccccc1Br. The molecule has 1 atom stereocenters. The molecule has 1 aromatic heterocycles. The van der Waals surface area contributed by atoms with Gasteiger partial charge < -0.3 is 0 Å². The van der Waals surface area contributed by atoms with Gasteiger partial charge in [-0.2, -0.15) is 5.10 Å². The Morgan fingerprint density at radius 3 is 2.55 bits per heavy atom. The molecule has 0 spiro atoms. The van der Waals surface area contributed by atoms with Crippen LogP contribution in [0, 0.1) is 6.92 Å². The summed E-state index contributed by atoms with van der Waals surface area (Å²) >= 11 is 11.0. The van der Waals surface area contributed by atoms with Crippen LogP contribution in [0.3, 0.4) is 0 Å². The van der Waals surface area contributed by atoms with Crippen LogP contribution in [0.2, 0.25) is 0 Å². The third-order valence-electron chi connectivity index (χ3n) is 3.42.